The third-order valence-electron chi connectivity index (χ3n) is 4.26. The number of methoxy groups -OCH3 is 1. The molecule has 136 valence electrons. The summed E-state index contributed by atoms with van der Waals surface area (Å²) >= 11 is 0. The molecule has 0 saturated heterocycles. The Balaban J connectivity index is 2.00. The predicted molar refractivity (Wildman–Crippen MR) is 96.1 cm³/mol. The van der Waals surface area contributed by atoms with E-state index in [1.807, 2.05) is 6.07 Å². The van der Waals surface area contributed by atoms with E-state index in [2.05, 4.69) is 10.3 Å². The fourth-order valence-corrected chi connectivity index (χ4v) is 2.78. The van der Waals surface area contributed by atoms with Crippen molar-refractivity contribution < 1.29 is 14.6 Å². The van der Waals surface area contributed by atoms with Crippen LogP contribution in [0.2, 0.25) is 0 Å². The van der Waals surface area contributed by atoms with Gasteiger partial charge in [-0.05, 0) is 49.1 Å². The molecule has 0 aliphatic heterocycles. The lowest BCUT2D eigenvalue weighted by molar-refractivity contribution is -0.121. The number of pyridine rings is 1. The molecule has 0 unspecified atom stereocenters. The van der Waals surface area contributed by atoms with Crippen molar-refractivity contribution in [2.45, 2.75) is 33.2 Å². The van der Waals surface area contributed by atoms with E-state index in [0.29, 0.717) is 30.0 Å². The molecule has 1 heterocycles. The zero-order valence-corrected chi connectivity index (χ0v) is 15.0. The van der Waals surface area contributed by atoms with Crippen molar-refractivity contribution in [2.24, 2.45) is 0 Å². The maximum atomic E-state index is 12.1. The van der Waals surface area contributed by atoms with Gasteiger partial charge < -0.3 is 20.1 Å². The van der Waals surface area contributed by atoms with Crippen LogP contribution in [0.4, 0.5) is 0 Å². The van der Waals surface area contributed by atoms with Gasteiger partial charge in [0.2, 0.25) is 5.91 Å². The molecule has 0 bridgehead atoms. The number of amides is 1. The highest BCUT2D eigenvalue weighted by Gasteiger charge is 2.13. The number of rotatable bonds is 6. The molecule has 3 N–H and O–H groups in total. The third-order valence-corrected chi connectivity index (χ3v) is 4.26. The van der Waals surface area contributed by atoms with E-state index in [4.69, 9.17) is 10.00 Å². The van der Waals surface area contributed by atoms with Crippen LogP contribution in [0.3, 0.4) is 0 Å². The Morgan fingerprint density at radius 3 is 2.77 bits per heavy atom. The largest absolute Gasteiger partial charge is 0.504 e. The average molecular weight is 355 g/mol. The molecule has 1 aromatic carbocycles. The number of aryl methyl sites for hydroxylation is 1. The fourth-order valence-electron chi connectivity index (χ4n) is 2.78. The van der Waals surface area contributed by atoms with Gasteiger partial charge >= 0.3 is 0 Å². The molecular weight excluding hydrogens is 334 g/mol. The quantitative estimate of drug-likeness (QED) is 0.731. The number of aromatic hydroxyl groups is 1. The number of aromatic nitrogens is 1. The van der Waals surface area contributed by atoms with Gasteiger partial charge in [0, 0.05) is 18.7 Å². The van der Waals surface area contributed by atoms with Gasteiger partial charge in [-0.1, -0.05) is 6.07 Å². The van der Waals surface area contributed by atoms with Gasteiger partial charge in [-0.25, -0.2) is 0 Å². The lowest BCUT2D eigenvalue weighted by atomic mass is 9.99. The maximum Gasteiger partial charge on any atom is 0.266 e. The number of ether oxygens (including phenoxy) is 1. The van der Waals surface area contributed by atoms with E-state index in [0.717, 1.165) is 11.1 Å². The summed E-state index contributed by atoms with van der Waals surface area (Å²) in [4.78, 5) is 26.5. The summed E-state index contributed by atoms with van der Waals surface area (Å²) in [7, 11) is 1.46. The van der Waals surface area contributed by atoms with Gasteiger partial charge in [-0.3, -0.25) is 9.59 Å². The number of hydrogen-bond donors (Lipinski definition) is 3. The molecule has 0 atom stereocenters. The molecule has 26 heavy (non-hydrogen) atoms. The first-order valence-electron chi connectivity index (χ1n) is 8.12. The molecule has 7 nitrogen and oxygen atoms in total. The van der Waals surface area contributed by atoms with Crippen molar-refractivity contribution in [3.8, 4) is 17.6 Å². The second-order valence-corrected chi connectivity index (χ2v) is 5.95. The summed E-state index contributed by atoms with van der Waals surface area (Å²) < 4.78 is 5.04. The van der Waals surface area contributed by atoms with Gasteiger partial charge in [0.25, 0.3) is 5.56 Å². The van der Waals surface area contributed by atoms with Crippen LogP contribution >= 0.6 is 0 Å². The van der Waals surface area contributed by atoms with E-state index in [9.17, 15) is 14.7 Å². The number of hydrogen-bond acceptors (Lipinski definition) is 5. The van der Waals surface area contributed by atoms with E-state index in [1.54, 1.807) is 26.0 Å². The first kappa shape index (κ1) is 19.1. The highest BCUT2D eigenvalue weighted by Crippen LogP contribution is 2.26. The Hall–Kier alpha value is -3.27. The molecule has 0 fully saturated rings. The number of nitrogens with zero attached hydrogens (tertiary/aromatic N) is 1. The predicted octanol–water partition coefficient (Wildman–Crippen LogP) is 1.83. The highest BCUT2D eigenvalue weighted by atomic mass is 16.5. The number of phenols is 1. The van der Waals surface area contributed by atoms with Gasteiger partial charge in [0.1, 0.15) is 11.6 Å². The molecule has 7 heteroatoms. The average Bonchev–Trinajstić information content (AvgIpc) is 2.60. The Morgan fingerprint density at radius 1 is 1.38 bits per heavy atom. The van der Waals surface area contributed by atoms with Gasteiger partial charge in [0.15, 0.2) is 11.5 Å². The molecule has 1 aromatic heterocycles. The summed E-state index contributed by atoms with van der Waals surface area (Å²) in [5, 5.41) is 21.5. The van der Waals surface area contributed by atoms with Crippen molar-refractivity contribution >= 4 is 5.91 Å². The lowest BCUT2D eigenvalue weighted by Gasteiger charge is -2.11. The van der Waals surface area contributed by atoms with E-state index in [1.165, 1.54) is 13.2 Å². The van der Waals surface area contributed by atoms with E-state index >= 15 is 0 Å². The molecule has 0 saturated carbocycles. The number of H-pyrrole nitrogens is 1. The third kappa shape index (κ3) is 4.22. The Labute approximate surface area is 151 Å². The minimum atomic E-state index is -0.406. The maximum absolute atomic E-state index is 12.1. The van der Waals surface area contributed by atoms with Crippen LogP contribution in [0.25, 0.3) is 0 Å². The van der Waals surface area contributed by atoms with Crippen molar-refractivity contribution in [1.29, 1.82) is 5.26 Å². The van der Waals surface area contributed by atoms with Gasteiger partial charge in [-0.2, -0.15) is 5.26 Å². The Morgan fingerprint density at radius 2 is 2.12 bits per heavy atom. The number of phenolic OH excluding ortho intramolecular Hbond substituents is 1. The molecule has 0 aliphatic carbocycles. The summed E-state index contributed by atoms with van der Waals surface area (Å²) in [6.07, 6.45) is 0.654. The Kier molecular flexibility index (Phi) is 6.02. The van der Waals surface area contributed by atoms with E-state index < -0.39 is 5.56 Å². The number of aromatic amines is 1. The van der Waals surface area contributed by atoms with Crippen molar-refractivity contribution in [3.05, 3.63) is 56.5 Å². The van der Waals surface area contributed by atoms with Crippen LogP contribution in [0.1, 0.15) is 34.4 Å². The van der Waals surface area contributed by atoms with E-state index in [-0.39, 0.29) is 23.6 Å². The summed E-state index contributed by atoms with van der Waals surface area (Å²) in [6.45, 7) is 3.78. The lowest BCUT2D eigenvalue weighted by Crippen LogP contribution is -2.24. The van der Waals surface area contributed by atoms with Crippen LogP contribution in [-0.2, 0) is 17.8 Å². The number of carbonyl (C=O) groups excluding carboxylic acids is 1. The van der Waals surface area contributed by atoms with Crippen LogP contribution in [0.5, 0.6) is 11.5 Å². The van der Waals surface area contributed by atoms with Gasteiger partial charge in [-0.15, -0.1) is 0 Å². The van der Waals surface area contributed by atoms with Crippen molar-refractivity contribution in [2.75, 3.05) is 7.11 Å². The SMILES string of the molecule is COc1cc(CNC(=O)CCc2c(C)[nH]c(=O)c(C#N)c2C)ccc1O. The highest BCUT2D eigenvalue weighted by molar-refractivity contribution is 5.76. The number of benzene rings is 1. The van der Waals surface area contributed by atoms with Crippen LogP contribution in [-0.4, -0.2) is 23.1 Å². The standard InChI is InChI=1S/C19H21N3O4/c1-11-14(12(2)22-19(25)15(11)9-20)5-7-18(24)21-10-13-4-6-16(23)17(8-13)26-3/h4,6,8,23H,5,7,10H2,1-3H3,(H,21,24)(H,22,25). The second kappa shape index (κ2) is 8.21. The number of nitrogens with one attached hydrogen (secondary N) is 2. The molecular formula is C19H21N3O4. The number of nitriles is 1. The Bertz CT molecular complexity index is 926. The smallest absolute Gasteiger partial charge is 0.266 e. The summed E-state index contributed by atoms with van der Waals surface area (Å²) in [6, 6.07) is 6.77. The monoisotopic (exact) mass is 355 g/mol. The minimum Gasteiger partial charge on any atom is -0.504 e. The van der Waals surface area contributed by atoms with Crippen LogP contribution in [0, 0.1) is 25.2 Å². The molecule has 0 radical (unpaired) electrons. The van der Waals surface area contributed by atoms with Crippen LogP contribution in [0.15, 0.2) is 23.0 Å². The van der Waals surface area contributed by atoms with Crippen LogP contribution < -0.4 is 15.6 Å². The van der Waals surface area contributed by atoms with Crippen molar-refractivity contribution in [1.82, 2.24) is 10.3 Å². The minimum absolute atomic E-state index is 0.0416. The fraction of sp³-hybridized carbons (Fsp3) is 0.316. The first-order chi connectivity index (χ1) is 12.4. The summed E-state index contributed by atoms with van der Waals surface area (Å²) in [5.74, 6) is 0.237. The molecule has 0 aliphatic rings. The normalized spacial score (nSPS) is 10.2. The topological polar surface area (TPSA) is 115 Å². The molecule has 0 spiro atoms. The molecule has 2 aromatic rings. The number of carbonyl (C=O) groups is 1. The zero-order chi connectivity index (χ0) is 19.3. The van der Waals surface area contributed by atoms with Crippen molar-refractivity contribution in [3.63, 3.8) is 0 Å². The zero-order valence-electron chi connectivity index (χ0n) is 15.0. The first-order valence-corrected chi connectivity index (χ1v) is 8.12. The second-order valence-electron chi connectivity index (χ2n) is 5.95. The van der Waals surface area contributed by atoms with Gasteiger partial charge in [0.05, 0.1) is 7.11 Å². The summed E-state index contributed by atoms with van der Waals surface area (Å²) in [5.41, 5.74) is 2.57. The molecule has 2 rings (SSSR count). The molecule has 1 amide bonds.